The highest BCUT2D eigenvalue weighted by atomic mass is 32.2. The predicted octanol–water partition coefficient (Wildman–Crippen LogP) is 2.23. The molecule has 4 nitrogen and oxygen atoms in total. The van der Waals surface area contributed by atoms with E-state index in [4.69, 9.17) is 5.26 Å². The van der Waals surface area contributed by atoms with Gasteiger partial charge in [-0.1, -0.05) is 17.7 Å². The van der Waals surface area contributed by atoms with E-state index in [0.717, 1.165) is 11.1 Å². The van der Waals surface area contributed by atoms with Crippen LogP contribution in [0.4, 0.5) is 0 Å². The van der Waals surface area contributed by atoms with Gasteiger partial charge in [-0.05, 0) is 32.4 Å². The molecule has 0 saturated carbocycles. The third-order valence-corrected chi connectivity index (χ3v) is 5.13. The summed E-state index contributed by atoms with van der Waals surface area (Å²) >= 11 is 0. The zero-order valence-corrected chi connectivity index (χ0v) is 12.0. The molecule has 1 rings (SSSR count). The normalized spacial score (nSPS) is 13.3. The summed E-state index contributed by atoms with van der Waals surface area (Å²) in [5, 5.41) is 8.64. The average molecular weight is 266 g/mol. The maximum atomic E-state index is 12.4. The second kappa shape index (κ2) is 5.51. The monoisotopic (exact) mass is 266 g/mol. The number of nitriles is 1. The van der Waals surface area contributed by atoms with E-state index in [2.05, 4.69) is 0 Å². The topological polar surface area (TPSA) is 61.2 Å². The molecule has 0 aliphatic carbocycles. The Morgan fingerprint density at radius 3 is 2.50 bits per heavy atom. The Morgan fingerprint density at radius 1 is 1.39 bits per heavy atom. The second-order valence-corrected chi connectivity index (χ2v) is 6.47. The molecule has 98 valence electrons. The van der Waals surface area contributed by atoms with Crippen molar-refractivity contribution >= 4 is 10.0 Å². The van der Waals surface area contributed by atoms with E-state index in [1.165, 1.54) is 11.4 Å². The number of hydrogen-bond acceptors (Lipinski definition) is 3. The smallest absolute Gasteiger partial charge is 0.207 e. The number of aryl methyl sites for hydroxylation is 2. The maximum Gasteiger partial charge on any atom is 0.243 e. The first kappa shape index (κ1) is 14.7. The van der Waals surface area contributed by atoms with Crippen molar-refractivity contribution in [3.8, 4) is 6.07 Å². The molecule has 0 fully saturated rings. The van der Waals surface area contributed by atoms with Crippen LogP contribution in [0.2, 0.25) is 0 Å². The maximum absolute atomic E-state index is 12.4. The Kier molecular flexibility index (Phi) is 4.49. The fraction of sp³-hybridized carbons (Fsp3) is 0.462. The van der Waals surface area contributed by atoms with Gasteiger partial charge in [0.15, 0.2) is 0 Å². The quantitative estimate of drug-likeness (QED) is 0.839. The average Bonchev–Trinajstić information content (AvgIpc) is 2.27. The van der Waals surface area contributed by atoms with E-state index < -0.39 is 10.0 Å². The van der Waals surface area contributed by atoms with Gasteiger partial charge in [0.05, 0.1) is 17.4 Å². The Hall–Kier alpha value is -1.38. The van der Waals surface area contributed by atoms with Crippen molar-refractivity contribution in [2.75, 3.05) is 7.05 Å². The molecule has 0 aromatic heterocycles. The summed E-state index contributed by atoms with van der Waals surface area (Å²) in [7, 11) is -2.02. The number of hydrogen-bond donors (Lipinski definition) is 0. The molecule has 0 N–H and O–H groups in total. The van der Waals surface area contributed by atoms with Gasteiger partial charge in [0, 0.05) is 13.1 Å². The molecule has 0 aliphatic rings. The van der Waals surface area contributed by atoms with Crippen LogP contribution >= 0.6 is 0 Å². The Balaban J connectivity index is 3.18. The SMILES string of the molecule is Cc1ccc(S(=O)(=O)N(C)C(C)CC#N)c(C)c1. The van der Waals surface area contributed by atoms with Gasteiger partial charge in [-0.25, -0.2) is 8.42 Å². The summed E-state index contributed by atoms with van der Waals surface area (Å²) in [6, 6.07) is 6.90. The molecule has 1 aromatic rings. The highest BCUT2D eigenvalue weighted by molar-refractivity contribution is 7.89. The molecule has 0 heterocycles. The van der Waals surface area contributed by atoms with Crippen molar-refractivity contribution in [2.24, 2.45) is 0 Å². The van der Waals surface area contributed by atoms with E-state index >= 15 is 0 Å². The van der Waals surface area contributed by atoms with Crippen LogP contribution in [0.1, 0.15) is 24.5 Å². The summed E-state index contributed by atoms with van der Waals surface area (Å²) in [6.45, 7) is 5.43. The number of rotatable bonds is 4. The van der Waals surface area contributed by atoms with Gasteiger partial charge in [0.2, 0.25) is 10.0 Å². The molecular weight excluding hydrogens is 248 g/mol. The van der Waals surface area contributed by atoms with Gasteiger partial charge >= 0.3 is 0 Å². The highest BCUT2D eigenvalue weighted by Crippen LogP contribution is 2.22. The van der Waals surface area contributed by atoms with E-state index in [1.807, 2.05) is 19.1 Å². The van der Waals surface area contributed by atoms with E-state index in [-0.39, 0.29) is 12.5 Å². The van der Waals surface area contributed by atoms with Crippen molar-refractivity contribution in [3.63, 3.8) is 0 Å². The summed E-state index contributed by atoms with van der Waals surface area (Å²) < 4.78 is 26.1. The summed E-state index contributed by atoms with van der Waals surface area (Å²) in [5.74, 6) is 0. The van der Waals surface area contributed by atoms with Gasteiger partial charge in [0.1, 0.15) is 0 Å². The molecule has 0 aliphatic heterocycles. The Labute approximate surface area is 109 Å². The van der Waals surface area contributed by atoms with Crippen molar-refractivity contribution in [1.82, 2.24) is 4.31 Å². The van der Waals surface area contributed by atoms with Gasteiger partial charge in [-0.2, -0.15) is 9.57 Å². The minimum atomic E-state index is -3.53. The standard InChI is InChI=1S/C13H18N2O2S/c1-10-5-6-13(11(2)9-10)18(16,17)15(4)12(3)7-8-14/h5-6,9,12H,7H2,1-4H3. The first-order valence-corrected chi connectivity index (χ1v) is 7.17. The zero-order valence-electron chi connectivity index (χ0n) is 11.1. The van der Waals surface area contributed by atoms with Gasteiger partial charge < -0.3 is 0 Å². The molecule has 1 unspecified atom stereocenters. The fourth-order valence-electron chi connectivity index (χ4n) is 1.74. The lowest BCUT2D eigenvalue weighted by molar-refractivity contribution is 0.393. The minimum Gasteiger partial charge on any atom is -0.207 e. The predicted molar refractivity (Wildman–Crippen MR) is 70.6 cm³/mol. The zero-order chi connectivity index (χ0) is 13.9. The van der Waals surface area contributed by atoms with Crippen LogP contribution in [0.25, 0.3) is 0 Å². The molecule has 0 bridgehead atoms. The van der Waals surface area contributed by atoms with Crippen molar-refractivity contribution in [2.45, 2.75) is 38.1 Å². The summed E-state index contributed by atoms with van der Waals surface area (Å²) in [4.78, 5) is 0.306. The second-order valence-electron chi connectivity index (χ2n) is 4.50. The molecule has 18 heavy (non-hydrogen) atoms. The van der Waals surface area contributed by atoms with Crippen molar-refractivity contribution in [1.29, 1.82) is 5.26 Å². The molecule has 0 amide bonds. The highest BCUT2D eigenvalue weighted by Gasteiger charge is 2.26. The Morgan fingerprint density at radius 2 is 2.00 bits per heavy atom. The first-order valence-electron chi connectivity index (χ1n) is 5.73. The van der Waals surface area contributed by atoms with E-state index in [1.54, 1.807) is 26.0 Å². The van der Waals surface area contributed by atoms with Crippen molar-refractivity contribution < 1.29 is 8.42 Å². The summed E-state index contributed by atoms with van der Waals surface area (Å²) in [5.41, 5.74) is 1.75. The van der Waals surface area contributed by atoms with Crippen molar-refractivity contribution in [3.05, 3.63) is 29.3 Å². The molecular formula is C13H18N2O2S. The molecule has 5 heteroatoms. The number of sulfonamides is 1. The van der Waals surface area contributed by atoms with Crippen LogP contribution in [-0.2, 0) is 10.0 Å². The largest absolute Gasteiger partial charge is 0.243 e. The van der Waals surface area contributed by atoms with E-state index in [9.17, 15) is 8.42 Å². The number of benzene rings is 1. The molecule has 0 spiro atoms. The van der Waals surface area contributed by atoms with Gasteiger partial charge in [0.25, 0.3) is 0 Å². The van der Waals surface area contributed by atoms with Crippen LogP contribution in [0.15, 0.2) is 23.1 Å². The van der Waals surface area contributed by atoms with Gasteiger partial charge in [-0.3, -0.25) is 0 Å². The third-order valence-electron chi connectivity index (χ3n) is 2.99. The van der Waals surface area contributed by atoms with Crippen LogP contribution < -0.4 is 0 Å². The first-order chi connectivity index (χ1) is 8.30. The third kappa shape index (κ3) is 2.89. The van der Waals surface area contributed by atoms with Crippen LogP contribution in [-0.4, -0.2) is 25.8 Å². The minimum absolute atomic E-state index is 0.181. The van der Waals surface area contributed by atoms with Crippen LogP contribution in [0.3, 0.4) is 0 Å². The van der Waals surface area contributed by atoms with E-state index in [0.29, 0.717) is 4.90 Å². The van der Waals surface area contributed by atoms with Crippen LogP contribution in [0, 0.1) is 25.2 Å². The molecule has 0 radical (unpaired) electrons. The van der Waals surface area contributed by atoms with Gasteiger partial charge in [-0.15, -0.1) is 0 Å². The lowest BCUT2D eigenvalue weighted by Crippen LogP contribution is -2.35. The lowest BCUT2D eigenvalue weighted by Gasteiger charge is -2.23. The fourth-order valence-corrected chi connectivity index (χ4v) is 3.31. The molecule has 0 saturated heterocycles. The molecule has 1 aromatic carbocycles. The lowest BCUT2D eigenvalue weighted by atomic mass is 10.2. The molecule has 1 atom stereocenters. The summed E-state index contributed by atoms with van der Waals surface area (Å²) in [6.07, 6.45) is 0.181. The number of nitrogens with zero attached hydrogens (tertiary/aromatic N) is 2. The Bertz CT molecular complexity index is 573. The van der Waals surface area contributed by atoms with Crippen LogP contribution in [0.5, 0.6) is 0 Å².